The minimum absolute atomic E-state index is 0.471. The predicted molar refractivity (Wildman–Crippen MR) is 28.6 cm³/mol. The van der Waals surface area contributed by atoms with Gasteiger partial charge in [-0.2, -0.15) is 0 Å². The van der Waals surface area contributed by atoms with Gasteiger partial charge in [0.15, 0.2) is 0 Å². The summed E-state index contributed by atoms with van der Waals surface area (Å²) in [7, 11) is 2.64. The van der Waals surface area contributed by atoms with Crippen LogP contribution in [0.15, 0.2) is 0 Å². The highest BCUT2D eigenvalue weighted by Crippen LogP contribution is 1.93. The van der Waals surface area contributed by atoms with Gasteiger partial charge in [0.25, 0.3) is 0 Å². The first-order chi connectivity index (χ1) is 3.72. The number of aliphatic carboxylic acids is 1. The summed E-state index contributed by atoms with van der Waals surface area (Å²) >= 11 is 0. The van der Waals surface area contributed by atoms with Crippen LogP contribution in [0.3, 0.4) is 0 Å². The second-order valence-corrected chi connectivity index (χ2v) is 1.59. The molecule has 1 unspecified atom stereocenters. The quantitative estimate of drug-likeness (QED) is 0.546. The number of carboxylic acid groups (broad SMARTS) is 1. The maximum absolute atomic E-state index is 10.0. The van der Waals surface area contributed by atoms with Gasteiger partial charge >= 0.3 is 5.97 Å². The Balaban J connectivity index is 3.52. The van der Waals surface area contributed by atoms with Crippen molar-refractivity contribution in [3.05, 3.63) is 0 Å². The van der Waals surface area contributed by atoms with Crippen molar-refractivity contribution in [2.24, 2.45) is 0 Å². The van der Waals surface area contributed by atoms with Gasteiger partial charge < -0.3 is 9.53 Å². The maximum atomic E-state index is 10.0. The SMILES string of the molecule is CCC(O[Si])C(=O)O. The summed E-state index contributed by atoms with van der Waals surface area (Å²) in [5, 5.41) is 8.22. The molecule has 1 atom stereocenters. The lowest BCUT2D eigenvalue weighted by Gasteiger charge is -2.04. The van der Waals surface area contributed by atoms with E-state index in [-0.39, 0.29) is 0 Å². The fraction of sp³-hybridized carbons (Fsp3) is 0.750. The third kappa shape index (κ3) is 2.09. The highest BCUT2D eigenvalue weighted by Gasteiger charge is 2.11. The first-order valence-electron chi connectivity index (χ1n) is 2.27. The average molecular weight is 131 g/mol. The third-order valence-electron chi connectivity index (χ3n) is 0.788. The Morgan fingerprint density at radius 2 is 2.50 bits per heavy atom. The molecule has 0 aromatic rings. The van der Waals surface area contributed by atoms with Gasteiger partial charge in [-0.15, -0.1) is 0 Å². The normalized spacial score (nSPS) is 13.2. The summed E-state index contributed by atoms with van der Waals surface area (Å²) in [5.74, 6) is -0.942. The summed E-state index contributed by atoms with van der Waals surface area (Å²) in [5.41, 5.74) is 0. The molecule has 0 spiro atoms. The predicted octanol–water partition coefficient (Wildman–Crippen LogP) is -0.0503. The Bertz CT molecular complexity index is 79.4. The van der Waals surface area contributed by atoms with E-state index in [1.807, 2.05) is 0 Å². The van der Waals surface area contributed by atoms with Crippen molar-refractivity contribution in [2.75, 3.05) is 0 Å². The molecule has 0 aliphatic carbocycles. The maximum Gasteiger partial charge on any atom is 0.331 e. The van der Waals surface area contributed by atoms with Gasteiger partial charge in [0.2, 0.25) is 10.5 Å². The lowest BCUT2D eigenvalue weighted by atomic mass is 10.3. The molecule has 0 aromatic carbocycles. The molecule has 0 aliphatic rings. The lowest BCUT2D eigenvalue weighted by Crippen LogP contribution is -2.21. The van der Waals surface area contributed by atoms with Crippen LogP contribution in [0.1, 0.15) is 13.3 Å². The van der Waals surface area contributed by atoms with Crippen molar-refractivity contribution in [2.45, 2.75) is 19.4 Å². The Labute approximate surface area is 51.2 Å². The average Bonchev–Trinajstić information content (AvgIpc) is 1.69. The van der Waals surface area contributed by atoms with Gasteiger partial charge in [-0.25, -0.2) is 4.79 Å². The second kappa shape index (κ2) is 3.62. The largest absolute Gasteiger partial charge is 0.479 e. The van der Waals surface area contributed by atoms with Crippen molar-refractivity contribution >= 4 is 16.5 Å². The summed E-state index contributed by atoms with van der Waals surface area (Å²) in [6, 6.07) is 0. The van der Waals surface area contributed by atoms with Crippen LogP contribution in [-0.4, -0.2) is 27.7 Å². The Morgan fingerprint density at radius 1 is 2.00 bits per heavy atom. The fourth-order valence-corrected chi connectivity index (χ4v) is 0.576. The Hall–Kier alpha value is -0.353. The zero-order valence-electron chi connectivity index (χ0n) is 4.55. The van der Waals surface area contributed by atoms with Crippen LogP contribution < -0.4 is 0 Å². The summed E-state index contributed by atoms with van der Waals surface area (Å²) in [6.07, 6.45) is -0.245. The van der Waals surface area contributed by atoms with E-state index in [9.17, 15) is 4.79 Å². The molecule has 0 aliphatic heterocycles. The molecule has 0 fully saturated rings. The number of carboxylic acids is 1. The first kappa shape index (κ1) is 7.65. The van der Waals surface area contributed by atoms with Crippen LogP contribution in [-0.2, 0) is 9.22 Å². The Kier molecular flexibility index (Phi) is 3.46. The molecule has 0 rings (SSSR count). The van der Waals surface area contributed by atoms with Crippen molar-refractivity contribution in [3.63, 3.8) is 0 Å². The van der Waals surface area contributed by atoms with E-state index < -0.39 is 12.1 Å². The van der Waals surface area contributed by atoms with E-state index in [1.54, 1.807) is 6.92 Å². The molecule has 45 valence electrons. The van der Waals surface area contributed by atoms with Crippen molar-refractivity contribution in [1.29, 1.82) is 0 Å². The summed E-state index contributed by atoms with van der Waals surface area (Å²) in [4.78, 5) is 10.0. The van der Waals surface area contributed by atoms with Crippen LogP contribution in [0.25, 0.3) is 0 Å². The van der Waals surface area contributed by atoms with E-state index in [4.69, 9.17) is 5.11 Å². The van der Waals surface area contributed by atoms with E-state index in [0.29, 0.717) is 6.42 Å². The Morgan fingerprint density at radius 3 is 2.50 bits per heavy atom. The lowest BCUT2D eigenvalue weighted by molar-refractivity contribution is -0.145. The van der Waals surface area contributed by atoms with Crippen molar-refractivity contribution < 1.29 is 14.3 Å². The third-order valence-corrected chi connectivity index (χ3v) is 1.07. The van der Waals surface area contributed by atoms with E-state index in [0.717, 1.165) is 0 Å². The summed E-state index contributed by atoms with van der Waals surface area (Å²) < 4.78 is 4.37. The number of carbonyl (C=O) groups is 1. The van der Waals surface area contributed by atoms with Gasteiger partial charge in [-0.05, 0) is 6.42 Å². The van der Waals surface area contributed by atoms with Crippen LogP contribution in [0.2, 0.25) is 0 Å². The smallest absolute Gasteiger partial charge is 0.331 e. The van der Waals surface area contributed by atoms with Crippen molar-refractivity contribution in [1.82, 2.24) is 0 Å². The number of hydrogen-bond acceptors (Lipinski definition) is 2. The van der Waals surface area contributed by atoms with E-state index in [1.165, 1.54) is 0 Å². The van der Waals surface area contributed by atoms with Gasteiger partial charge in [-0.1, -0.05) is 6.92 Å². The first-order valence-corrected chi connectivity index (χ1v) is 2.68. The molecule has 3 radical (unpaired) electrons. The molecule has 1 N–H and O–H groups in total. The molecule has 0 bridgehead atoms. The summed E-state index contributed by atoms with van der Waals surface area (Å²) in [6.45, 7) is 1.74. The standard InChI is InChI=1S/C4H7O3Si/c1-2-3(7-8)4(5)6/h3H,2H2,1H3,(H,5,6). The van der Waals surface area contributed by atoms with Gasteiger partial charge in [0.05, 0.1) is 0 Å². The topological polar surface area (TPSA) is 46.5 Å². The van der Waals surface area contributed by atoms with Crippen LogP contribution in [0.4, 0.5) is 0 Å². The van der Waals surface area contributed by atoms with E-state index >= 15 is 0 Å². The number of rotatable bonds is 3. The monoisotopic (exact) mass is 131 g/mol. The molecule has 4 heteroatoms. The zero-order chi connectivity index (χ0) is 6.57. The molecule has 0 heterocycles. The van der Waals surface area contributed by atoms with Crippen LogP contribution in [0.5, 0.6) is 0 Å². The molecule has 0 aromatic heterocycles. The fourth-order valence-electron chi connectivity index (χ4n) is 0.308. The molecular formula is C4H7O3Si. The minimum Gasteiger partial charge on any atom is -0.479 e. The van der Waals surface area contributed by atoms with Crippen LogP contribution >= 0.6 is 0 Å². The molecule has 0 amide bonds. The van der Waals surface area contributed by atoms with Gasteiger partial charge in [-0.3, -0.25) is 0 Å². The molecule has 8 heavy (non-hydrogen) atoms. The van der Waals surface area contributed by atoms with Crippen LogP contribution in [0, 0.1) is 0 Å². The molecule has 0 saturated carbocycles. The second-order valence-electron chi connectivity index (χ2n) is 1.35. The molecular weight excluding hydrogens is 124 g/mol. The number of hydrogen-bond donors (Lipinski definition) is 1. The van der Waals surface area contributed by atoms with Gasteiger partial charge in [0, 0.05) is 0 Å². The highest BCUT2D eigenvalue weighted by atomic mass is 28.2. The zero-order valence-corrected chi connectivity index (χ0v) is 5.55. The van der Waals surface area contributed by atoms with Crippen molar-refractivity contribution in [3.8, 4) is 0 Å². The molecule has 0 saturated heterocycles. The highest BCUT2D eigenvalue weighted by molar-refractivity contribution is 5.99. The van der Waals surface area contributed by atoms with E-state index in [2.05, 4.69) is 14.9 Å². The van der Waals surface area contributed by atoms with Gasteiger partial charge in [0.1, 0.15) is 6.10 Å². The molecule has 3 nitrogen and oxygen atoms in total. The minimum atomic E-state index is -0.942.